The number of aryl methyl sites for hydroxylation is 1. The smallest absolute Gasteiger partial charge is 0.151 e. The van der Waals surface area contributed by atoms with Crippen molar-refractivity contribution in [3.8, 4) is 0 Å². The van der Waals surface area contributed by atoms with E-state index < -0.39 is 0 Å². The van der Waals surface area contributed by atoms with Gasteiger partial charge in [-0.3, -0.25) is 4.68 Å². The van der Waals surface area contributed by atoms with Crippen molar-refractivity contribution in [3.05, 3.63) is 48.2 Å². The van der Waals surface area contributed by atoms with Crippen molar-refractivity contribution in [3.63, 3.8) is 0 Å². The zero-order valence-corrected chi connectivity index (χ0v) is 11.7. The number of furan rings is 1. The lowest BCUT2D eigenvalue weighted by molar-refractivity contribution is 0.452. The molecule has 0 saturated carbocycles. The first kappa shape index (κ1) is 12.9. The van der Waals surface area contributed by atoms with E-state index in [1.54, 1.807) is 11.0 Å². The Labute approximate surface area is 117 Å². The lowest BCUT2D eigenvalue weighted by Crippen LogP contribution is -2.21. The van der Waals surface area contributed by atoms with Crippen LogP contribution in [0.3, 0.4) is 0 Å². The number of benzene rings is 1. The summed E-state index contributed by atoms with van der Waals surface area (Å²) < 4.78 is 7.56. The molecule has 2 heterocycles. The van der Waals surface area contributed by atoms with Gasteiger partial charge in [-0.1, -0.05) is 18.2 Å². The topological polar surface area (TPSA) is 55.9 Å². The summed E-state index contributed by atoms with van der Waals surface area (Å²) in [6, 6.07) is 10.3. The summed E-state index contributed by atoms with van der Waals surface area (Å²) in [4.78, 5) is 4.21. The molecule has 0 aliphatic carbocycles. The van der Waals surface area contributed by atoms with Crippen LogP contribution in [-0.2, 0) is 13.5 Å². The first-order valence-corrected chi connectivity index (χ1v) is 6.79. The number of hydrogen-bond donors (Lipinski definition) is 1. The van der Waals surface area contributed by atoms with Crippen LogP contribution in [0.25, 0.3) is 11.0 Å². The van der Waals surface area contributed by atoms with Gasteiger partial charge in [-0.2, -0.15) is 5.10 Å². The first-order valence-electron chi connectivity index (χ1n) is 6.79. The average molecular weight is 270 g/mol. The zero-order chi connectivity index (χ0) is 13.9. The molecule has 104 valence electrons. The van der Waals surface area contributed by atoms with E-state index in [0.29, 0.717) is 0 Å². The van der Waals surface area contributed by atoms with Gasteiger partial charge in [0.1, 0.15) is 17.7 Å². The monoisotopic (exact) mass is 270 g/mol. The normalized spacial score (nSPS) is 12.9. The molecule has 5 heteroatoms. The summed E-state index contributed by atoms with van der Waals surface area (Å²) in [7, 11) is 1.88. The summed E-state index contributed by atoms with van der Waals surface area (Å²) in [5.74, 6) is 1.82. The highest BCUT2D eigenvalue weighted by Gasteiger charge is 2.11. The number of para-hydroxylation sites is 1. The minimum Gasteiger partial charge on any atom is -0.459 e. The minimum atomic E-state index is 0.172. The maximum Gasteiger partial charge on any atom is 0.151 e. The lowest BCUT2D eigenvalue weighted by atomic mass is 10.2. The Hall–Kier alpha value is -2.14. The predicted octanol–water partition coefficient (Wildman–Crippen LogP) is 2.45. The Balaban J connectivity index is 1.59. The third kappa shape index (κ3) is 2.72. The van der Waals surface area contributed by atoms with Crippen molar-refractivity contribution in [1.29, 1.82) is 0 Å². The molecule has 2 aromatic heterocycles. The minimum absolute atomic E-state index is 0.172. The van der Waals surface area contributed by atoms with E-state index in [9.17, 15) is 0 Å². The van der Waals surface area contributed by atoms with Crippen LogP contribution >= 0.6 is 0 Å². The van der Waals surface area contributed by atoms with E-state index in [0.717, 1.165) is 35.5 Å². The van der Waals surface area contributed by atoms with Gasteiger partial charge in [0.05, 0.1) is 6.04 Å². The van der Waals surface area contributed by atoms with Crippen LogP contribution in [0.1, 0.15) is 24.6 Å². The molecule has 3 rings (SSSR count). The van der Waals surface area contributed by atoms with Gasteiger partial charge in [0.2, 0.25) is 0 Å². The van der Waals surface area contributed by atoms with E-state index in [1.807, 2.05) is 25.2 Å². The zero-order valence-electron chi connectivity index (χ0n) is 11.7. The van der Waals surface area contributed by atoms with Gasteiger partial charge >= 0.3 is 0 Å². The average Bonchev–Trinajstić information content (AvgIpc) is 3.04. The van der Waals surface area contributed by atoms with Gasteiger partial charge in [0.15, 0.2) is 5.82 Å². The van der Waals surface area contributed by atoms with E-state index in [-0.39, 0.29) is 6.04 Å². The summed E-state index contributed by atoms with van der Waals surface area (Å²) in [6.45, 7) is 2.92. The third-order valence-electron chi connectivity index (χ3n) is 3.32. The van der Waals surface area contributed by atoms with Crippen LogP contribution in [0.2, 0.25) is 0 Å². The number of rotatable bonds is 5. The maximum absolute atomic E-state index is 5.84. The van der Waals surface area contributed by atoms with E-state index >= 15 is 0 Å². The molecule has 0 fully saturated rings. The van der Waals surface area contributed by atoms with Gasteiger partial charge in [-0.25, -0.2) is 4.98 Å². The Morgan fingerprint density at radius 2 is 2.20 bits per heavy atom. The second-order valence-electron chi connectivity index (χ2n) is 4.95. The molecule has 1 atom stereocenters. The Morgan fingerprint density at radius 1 is 1.35 bits per heavy atom. The molecule has 0 saturated heterocycles. The molecule has 0 aliphatic rings. The van der Waals surface area contributed by atoms with Crippen molar-refractivity contribution in [2.24, 2.45) is 7.05 Å². The van der Waals surface area contributed by atoms with Crippen molar-refractivity contribution in [1.82, 2.24) is 20.1 Å². The molecule has 1 unspecified atom stereocenters. The molecule has 3 aromatic rings. The molecule has 20 heavy (non-hydrogen) atoms. The molecule has 0 spiro atoms. The molecular formula is C15H18N4O. The van der Waals surface area contributed by atoms with Crippen molar-refractivity contribution >= 4 is 11.0 Å². The summed E-state index contributed by atoms with van der Waals surface area (Å²) in [5, 5.41) is 8.83. The number of nitrogens with zero attached hydrogens (tertiary/aromatic N) is 3. The highest BCUT2D eigenvalue weighted by atomic mass is 16.3. The summed E-state index contributed by atoms with van der Waals surface area (Å²) in [6.07, 6.45) is 2.53. The fourth-order valence-corrected chi connectivity index (χ4v) is 2.22. The van der Waals surface area contributed by atoms with Crippen LogP contribution in [0.5, 0.6) is 0 Å². The van der Waals surface area contributed by atoms with Crippen molar-refractivity contribution in [2.75, 3.05) is 6.54 Å². The Bertz CT molecular complexity index is 668. The number of hydrogen-bond acceptors (Lipinski definition) is 4. The van der Waals surface area contributed by atoms with E-state index in [2.05, 4.69) is 34.5 Å². The first-order chi connectivity index (χ1) is 9.72. The molecule has 0 radical (unpaired) electrons. The van der Waals surface area contributed by atoms with Crippen LogP contribution in [0.15, 0.2) is 41.1 Å². The molecule has 1 N–H and O–H groups in total. The molecule has 0 aliphatic heterocycles. The largest absolute Gasteiger partial charge is 0.459 e. The fourth-order valence-electron chi connectivity index (χ4n) is 2.22. The molecule has 1 aromatic carbocycles. The van der Waals surface area contributed by atoms with Crippen LogP contribution in [0, 0.1) is 0 Å². The second kappa shape index (κ2) is 5.46. The van der Waals surface area contributed by atoms with Crippen molar-refractivity contribution < 1.29 is 4.42 Å². The quantitative estimate of drug-likeness (QED) is 0.773. The maximum atomic E-state index is 5.84. The Kier molecular flexibility index (Phi) is 3.52. The van der Waals surface area contributed by atoms with Crippen LogP contribution < -0.4 is 5.32 Å². The van der Waals surface area contributed by atoms with Gasteiger partial charge in [-0.15, -0.1) is 0 Å². The number of aromatic nitrogens is 3. The van der Waals surface area contributed by atoms with Gasteiger partial charge < -0.3 is 9.73 Å². The number of fused-ring (bicyclic) bond motifs is 1. The standard InChI is InChI=1S/C15H18N4O/c1-11(16-8-7-15-17-10-19(2)18-15)14-9-12-5-3-4-6-13(12)20-14/h3-6,9-11,16H,7-8H2,1-2H3. The molecule has 0 amide bonds. The van der Waals surface area contributed by atoms with Crippen molar-refractivity contribution in [2.45, 2.75) is 19.4 Å². The van der Waals surface area contributed by atoms with Gasteiger partial charge in [0, 0.05) is 25.4 Å². The SMILES string of the molecule is CC(NCCc1ncn(C)n1)c1cc2ccccc2o1. The number of nitrogens with one attached hydrogen (secondary N) is 1. The molecular weight excluding hydrogens is 252 g/mol. The van der Waals surface area contributed by atoms with E-state index in [4.69, 9.17) is 4.42 Å². The highest BCUT2D eigenvalue weighted by Crippen LogP contribution is 2.23. The fraction of sp³-hybridized carbons (Fsp3) is 0.333. The Morgan fingerprint density at radius 3 is 2.95 bits per heavy atom. The predicted molar refractivity (Wildman–Crippen MR) is 77.3 cm³/mol. The summed E-state index contributed by atoms with van der Waals surface area (Å²) >= 11 is 0. The third-order valence-corrected chi connectivity index (χ3v) is 3.32. The summed E-state index contributed by atoms with van der Waals surface area (Å²) in [5.41, 5.74) is 0.933. The lowest BCUT2D eigenvalue weighted by Gasteiger charge is -2.09. The van der Waals surface area contributed by atoms with Crippen LogP contribution in [0.4, 0.5) is 0 Å². The van der Waals surface area contributed by atoms with E-state index in [1.165, 1.54) is 0 Å². The highest BCUT2D eigenvalue weighted by molar-refractivity contribution is 5.77. The second-order valence-corrected chi connectivity index (χ2v) is 4.95. The van der Waals surface area contributed by atoms with Crippen LogP contribution in [-0.4, -0.2) is 21.3 Å². The molecule has 0 bridgehead atoms. The van der Waals surface area contributed by atoms with Gasteiger partial charge in [0.25, 0.3) is 0 Å². The molecule has 5 nitrogen and oxygen atoms in total. The van der Waals surface area contributed by atoms with Gasteiger partial charge in [-0.05, 0) is 19.1 Å².